The van der Waals surface area contributed by atoms with Crippen LogP contribution in [0.2, 0.25) is 0 Å². The van der Waals surface area contributed by atoms with Crippen LogP contribution in [-0.2, 0) is 9.53 Å². The number of allylic oxidation sites excluding steroid dienone is 1. The summed E-state index contributed by atoms with van der Waals surface area (Å²) in [7, 11) is 0. The lowest BCUT2D eigenvalue weighted by molar-refractivity contribution is -0.117. The highest BCUT2D eigenvalue weighted by atomic mass is 16.5. The third-order valence-electron chi connectivity index (χ3n) is 3.02. The molecule has 3 heteroatoms. The molecular formula is C12H19NO2. The summed E-state index contributed by atoms with van der Waals surface area (Å²) in [5, 5.41) is 3.30. The molecule has 0 bridgehead atoms. The van der Waals surface area contributed by atoms with E-state index in [0.29, 0.717) is 6.42 Å². The van der Waals surface area contributed by atoms with Gasteiger partial charge in [-0.1, -0.05) is 13.8 Å². The minimum Gasteiger partial charge on any atom is -0.371 e. The number of hydrogen-bond acceptors (Lipinski definition) is 3. The zero-order chi connectivity index (χ0) is 10.9. The molecule has 1 heterocycles. The number of hydrogen-bond donors (Lipinski definition) is 1. The number of carbonyl (C=O) groups excluding carboxylic acids is 1. The maximum atomic E-state index is 11.6. The van der Waals surface area contributed by atoms with Gasteiger partial charge in [-0.3, -0.25) is 4.79 Å². The SMILES string of the molecule is CC1(C)CC(=O)C=C(C2CNCCO2)C1. The number of morpholine rings is 1. The van der Waals surface area contributed by atoms with E-state index >= 15 is 0 Å². The van der Waals surface area contributed by atoms with Crippen molar-refractivity contribution in [3.8, 4) is 0 Å². The van der Waals surface area contributed by atoms with E-state index in [2.05, 4.69) is 19.2 Å². The Morgan fingerprint density at radius 3 is 2.87 bits per heavy atom. The zero-order valence-corrected chi connectivity index (χ0v) is 9.51. The van der Waals surface area contributed by atoms with E-state index in [1.165, 1.54) is 5.57 Å². The molecular weight excluding hydrogens is 190 g/mol. The predicted molar refractivity (Wildman–Crippen MR) is 58.7 cm³/mol. The first-order chi connectivity index (χ1) is 7.07. The van der Waals surface area contributed by atoms with Crippen molar-refractivity contribution >= 4 is 5.78 Å². The molecule has 84 valence electrons. The van der Waals surface area contributed by atoms with Gasteiger partial charge in [0.05, 0.1) is 12.7 Å². The number of rotatable bonds is 1. The summed E-state index contributed by atoms with van der Waals surface area (Å²) in [5.74, 6) is 0.246. The van der Waals surface area contributed by atoms with Gasteiger partial charge in [0.15, 0.2) is 5.78 Å². The standard InChI is InChI=1S/C12H19NO2/c1-12(2)6-9(5-10(14)7-12)11-8-13-3-4-15-11/h5,11,13H,3-4,6-8H2,1-2H3. The molecule has 0 aromatic rings. The van der Waals surface area contributed by atoms with Gasteiger partial charge in [-0.05, 0) is 23.5 Å². The van der Waals surface area contributed by atoms with Gasteiger partial charge >= 0.3 is 0 Å². The Morgan fingerprint density at radius 1 is 1.47 bits per heavy atom. The zero-order valence-electron chi connectivity index (χ0n) is 9.51. The van der Waals surface area contributed by atoms with Crippen molar-refractivity contribution in [1.82, 2.24) is 5.32 Å². The predicted octanol–water partition coefficient (Wildman–Crippen LogP) is 1.29. The molecule has 1 saturated heterocycles. The second-order valence-corrected chi connectivity index (χ2v) is 5.27. The second-order valence-electron chi connectivity index (χ2n) is 5.27. The van der Waals surface area contributed by atoms with E-state index in [1.807, 2.05) is 0 Å². The van der Waals surface area contributed by atoms with E-state index in [9.17, 15) is 4.79 Å². The van der Waals surface area contributed by atoms with Crippen LogP contribution in [0.4, 0.5) is 0 Å². The molecule has 3 nitrogen and oxygen atoms in total. The first-order valence-electron chi connectivity index (χ1n) is 5.62. The fourth-order valence-corrected chi connectivity index (χ4v) is 2.41. The molecule has 1 fully saturated rings. The van der Waals surface area contributed by atoms with E-state index in [-0.39, 0.29) is 17.3 Å². The molecule has 1 N–H and O–H groups in total. The van der Waals surface area contributed by atoms with Gasteiger partial charge in [-0.25, -0.2) is 0 Å². The summed E-state index contributed by atoms with van der Waals surface area (Å²) in [6.07, 6.45) is 3.55. The molecule has 0 saturated carbocycles. The van der Waals surface area contributed by atoms with Crippen LogP contribution in [0, 0.1) is 5.41 Å². The van der Waals surface area contributed by atoms with Gasteiger partial charge in [-0.15, -0.1) is 0 Å². The fourth-order valence-electron chi connectivity index (χ4n) is 2.41. The summed E-state index contributed by atoms with van der Waals surface area (Å²) in [5.41, 5.74) is 1.27. The lowest BCUT2D eigenvalue weighted by atomic mass is 9.75. The van der Waals surface area contributed by atoms with E-state index in [4.69, 9.17) is 4.74 Å². The van der Waals surface area contributed by atoms with Crippen LogP contribution in [0.25, 0.3) is 0 Å². The maximum Gasteiger partial charge on any atom is 0.156 e. The maximum absolute atomic E-state index is 11.6. The average molecular weight is 209 g/mol. The minimum atomic E-state index is 0.0992. The Balaban J connectivity index is 2.10. The van der Waals surface area contributed by atoms with Gasteiger partial charge in [0.1, 0.15) is 0 Å². The quantitative estimate of drug-likeness (QED) is 0.707. The van der Waals surface area contributed by atoms with Crippen LogP contribution in [0.15, 0.2) is 11.6 Å². The first kappa shape index (κ1) is 10.8. The summed E-state index contributed by atoms with van der Waals surface area (Å²) < 4.78 is 5.68. The van der Waals surface area contributed by atoms with Crippen molar-refractivity contribution in [2.24, 2.45) is 5.41 Å². The van der Waals surface area contributed by atoms with Crippen molar-refractivity contribution in [3.63, 3.8) is 0 Å². The molecule has 0 aromatic carbocycles. The van der Waals surface area contributed by atoms with E-state index in [0.717, 1.165) is 26.1 Å². The van der Waals surface area contributed by atoms with Crippen LogP contribution in [0.3, 0.4) is 0 Å². The molecule has 0 spiro atoms. The van der Waals surface area contributed by atoms with Gasteiger partial charge in [0.25, 0.3) is 0 Å². The molecule has 1 aliphatic heterocycles. The van der Waals surface area contributed by atoms with Crippen molar-refractivity contribution in [3.05, 3.63) is 11.6 Å². The highest BCUT2D eigenvalue weighted by molar-refractivity contribution is 5.92. The van der Waals surface area contributed by atoms with Crippen LogP contribution in [-0.4, -0.2) is 31.6 Å². The van der Waals surface area contributed by atoms with Crippen LogP contribution in [0.5, 0.6) is 0 Å². The lowest BCUT2D eigenvalue weighted by Crippen LogP contribution is -2.41. The highest BCUT2D eigenvalue weighted by Crippen LogP contribution is 2.35. The van der Waals surface area contributed by atoms with Gasteiger partial charge in [-0.2, -0.15) is 0 Å². The Kier molecular flexibility index (Phi) is 2.94. The Labute approximate surface area is 90.9 Å². The Bertz CT molecular complexity index is 288. The molecule has 15 heavy (non-hydrogen) atoms. The summed E-state index contributed by atoms with van der Waals surface area (Å²) in [4.78, 5) is 11.6. The largest absolute Gasteiger partial charge is 0.371 e. The van der Waals surface area contributed by atoms with Crippen molar-refractivity contribution < 1.29 is 9.53 Å². The number of carbonyl (C=O) groups is 1. The molecule has 0 radical (unpaired) electrons. The van der Waals surface area contributed by atoms with Crippen LogP contribution < -0.4 is 5.32 Å². The minimum absolute atomic E-state index is 0.0992. The van der Waals surface area contributed by atoms with Crippen molar-refractivity contribution in [2.45, 2.75) is 32.8 Å². The lowest BCUT2D eigenvalue weighted by Gasteiger charge is -2.34. The normalized spacial score (nSPS) is 31.2. The molecule has 1 unspecified atom stereocenters. The topological polar surface area (TPSA) is 38.3 Å². The molecule has 2 aliphatic rings. The first-order valence-corrected chi connectivity index (χ1v) is 5.62. The monoisotopic (exact) mass is 209 g/mol. The van der Waals surface area contributed by atoms with Gasteiger partial charge in [0.2, 0.25) is 0 Å². The summed E-state index contributed by atoms with van der Waals surface area (Å²) in [6, 6.07) is 0. The van der Waals surface area contributed by atoms with E-state index < -0.39 is 0 Å². The smallest absolute Gasteiger partial charge is 0.156 e. The molecule has 0 aromatic heterocycles. The number of ether oxygens (including phenoxy) is 1. The third-order valence-corrected chi connectivity index (χ3v) is 3.02. The van der Waals surface area contributed by atoms with E-state index in [1.54, 1.807) is 6.08 Å². The fraction of sp³-hybridized carbons (Fsp3) is 0.750. The van der Waals surface area contributed by atoms with Crippen molar-refractivity contribution in [2.75, 3.05) is 19.7 Å². The molecule has 2 rings (SSSR count). The van der Waals surface area contributed by atoms with Crippen molar-refractivity contribution in [1.29, 1.82) is 0 Å². The number of nitrogens with one attached hydrogen (secondary N) is 1. The molecule has 1 aliphatic carbocycles. The average Bonchev–Trinajstić information content (AvgIpc) is 2.16. The van der Waals surface area contributed by atoms with Gasteiger partial charge < -0.3 is 10.1 Å². The number of ketones is 1. The van der Waals surface area contributed by atoms with Gasteiger partial charge in [0, 0.05) is 19.5 Å². The summed E-state index contributed by atoms with van der Waals surface area (Å²) >= 11 is 0. The summed E-state index contributed by atoms with van der Waals surface area (Å²) in [6.45, 7) is 6.80. The highest BCUT2D eigenvalue weighted by Gasteiger charge is 2.31. The third kappa shape index (κ3) is 2.67. The molecule has 1 atom stereocenters. The van der Waals surface area contributed by atoms with Crippen LogP contribution in [0.1, 0.15) is 26.7 Å². The second kappa shape index (κ2) is 4.06. The molecule has 0 amide bonds. The Morgan fingerprint density at radius 2 is 2.27 bits per heavy atom. The van der Waals surface area contributed by atoms with Crippen LogP contribution >= 0.6 is 0 Å². The Hall–Kier alpha value is -0.670.